The van der Waals surface area contributed by atoms with Crippen LogP contribution in [0.15, 0.2) is 0 Å². The average molecular weight is 280 g/mol. The summed E-state index contributed by atoms with van der Waals surface area (Å²) in [7, 11) is 1.89. The van der Waals surface area contributed by atoms with Crippen molar-refractivity contribution >= 4 is 0 Å². The molecule has 4 unspecified atom stereocenters. The van der Waals surface area contributed by atoms with Crippen molar-refractivity contribution in [2.24, 2.45) is 11.8 Å². The van der Waals surface area contributed by atoms with Crippen LogP contribution in [0.4, 0.5) is 0 Å². The fraction of sp³-hybridized carbons (Fsp3) is 1.00. The van der Waals surface area contributed by atoms with E-state index in [1.807, 2.05) is 7.11 Å². The van der Waals surface area contributed by atoms with Gasteiger partial charge in [-0.25, -0.2) is 0 Å². The second-order valence-electron chi connectivity index (χ2n) is 7.54. The van der Waals surface area contributed by atoms with Gasteiger partial charge in [-0.15, -0.1) is 0 Å². The lowest BCUT2D eigenvalue weighted by Crippen LogP contribution is -2.62. The van der Waals surface area contributed by atoms with E-state index in [0.29, 0.717) is 12.1 Å². The van der Waals surface area contributed by atoms with E-state index in [4.69, 9.17) is 4.74 Å². The van der Waals surface area contributed by atoms with Gasteiger partial charge in [0.15, 0.2) is 0 Å². The van der Waals surface area contributed by atoms with Crippen molar-refractivity contribution in [3.8, 4) is 0 Å². The van der Waals surface area contributed by atoms with E-state index >= 15 is 0 Å². The molecule has 2 aliphatic carbocycles. The Hall–Kier alpha value is -0.120. The standard InChI is InChI=1S/C17H32N2O/c1-12(2)17-10-18-16(13-7-8-13)11-19(17)14-5-4-6-15(9-14)20-3/h12-18H,4-11H2,1-3H3. The summed E-state index contributed by atoms with van der Waals surface area (Å²) in [4.78, 5) is 2.86. The van der Waals surface area contributed by atoms with Crippen LogP contribution >= 0.6 is 0 Å². The number of nitrogens with zero attached hydrogens (tertiary/aromatic N) is 1. The van der Waals surface area contributed by atoms with Gasteiger partial charge in [-0.2, -0.15) is 0 Å². The minimum absolute atomic E-state index is 0.496. The Morgan fingerprint density at radius 3 is 2.60 bits per heavy atom. The van der Waals surface area contributed by atoms with Crippen molar-refractivity contribution < 1.29 is 4.74 Å². The van der Waals surface area contributed by atoms with Crippen molar-refractivity contribution in [3.05, 3.63) is 0 Å². The van der Waals surface area contributed by atoms with Crippen LogP contribution in [0.2, 0.25) is 0 Å². The number of piperazine rings is 1. The van der Waals surface area contributed by atoms with E-state index in [1.165, 1.54) is 51.6 Å². The Labute approximate surface area is 124 Å². The molecule has 3 aliphatic rings. The molecule has 0 amide bonds. The summed E-state index contributed by atoms with van der Waals surface area (Å²) in [5, 5.41) is 3.83. The van der Waals surface area contributed by atoms with Crippen LogP contribution in [0.3, 0.4) is 0 Å². The number of rotatable bonds is 4. The van der Waals surface area contributed by atoms with Gasteiger partial charge < -0.3 is 10.1 Å². The van der Waals surface area contributed by atoms with Crippen LogP contribution in [0.5, 0.6) is 0 Å². The van der Waals surface area contributed by atoms with Crippen molar-refractivity contribution in [1.29, 1.82) is 0 Å². The molecule has 1 saturated heterocycles. The maximum absolute atomic E-state index is 5.65. The van der Waals surface area contributed by atoms with Gasteiger partial charge in [-0.1, -0.05) is 13.8 Å². The molecule has 3 fully saturated rings. The van der Waals surface area contributed by atoms with E-state index in [2.05, 4.69) is 24.1 Å². The first-order chi connectivity index (χ1) is 9.69. The Balaban J connectivity index is 1.67. The molecule has 3 rings (SSSR count). The minimum atomic E-state index is 0.496. The van der Waals surface area contributed by atoms with E-state index < -0.39 is 0 Å². The van der Waals surface area contributed by atoms with Crippen LogP contribution in [-0.4, -0.2) is 49.3 Å². The van der Waals surface area contributed by atoms with Crippen LogP contribution in [0.25, 0.3) is 0 Å². The molecular weight excluding hydrogens is 248 g/mol. The first kappa shape index (κ1) is 14.8. The van der Waals surface area contributed by atoms with Gasteiger partial charge in [0.2, 0.25) is 0 Å². The molecule has 116 valence electrons. The molecular formula is C17H32N2O. The molecule has 3 heteroatoms. The monoisotopic (exact) mass is 280 g/mol. The fourth-order valence-corrected chi connectivity index (χ4v) is 4.30. The second-order valence-corrected chi connectivity index (χ2v) is 7.54. The minimum Gasteiger partial charge on any atom is -0.381 e. The third-order valence-corrected chi connectivity index (χ3v) is 5.78. The van der Waals surface area contributed by atoms with Crippen molar-refractivity contribution in [2.75, 3.05) is 20.2 Å². The van der Waals surface area contributed by atoms with Gasteiger partial charge in [-0.3, -0.25) is 4.90 Å². The number of ether oxygens (including phenoxy) is 1. The average Bonchev–Trinajstić information content (AvgIpc) is 3.31. The first-order valence-electron chi connectivity index (χ1n) is 8.71. The summed E-state index contributed by atoms with van der Waals surface area (Å²) in [6.45, 7) is 7.22. The summed E-state index contributed by atoms with van der Waals surface area (Å²) in [6, 6.07) is 2.22. The Bertz CT molecular complexity index is 316. The number of nitrogens with one attached hydrogen (secondary N) is 1. The molecule has 0 radical (unpaired) electrons. The molecule has 2 saturated carbocycles. The molecule has 0 aromatic rings. The SMILES string of the molecule is COC1CCCC(N2CC(C3CC3)NCC2C(C)C)C1. The molecule has 1 heterocycles. The van der Waals surface area contributed by atoms with Crippen molar-refractivity contribution in [3.63, 3.8) is 0 Å². The maximum atomic E-state index is 5.65. The predicted octanol–water partition coefficient (Wildman–Crippen LogP) is 2.65. The highest BCUT2D eigenvalue weighted by Gasteiger charge is 2.41. The Morgan fingerprint density at radius 2 is 1.95 bits per heavy atom. The van der Waals surface area contributed by atoms with Gasteiger partial charge in [0, 0.05) is 38.3 Å². The lowest BCUT2D eigenvalue weighted by atomic mass is 9.87. The van der Waals surface area contributed by atoms with Gasteiger partial charge in [0.1, 0.15) is 0 Å². The highest BCUT2D eigenvalue weighted by Crippen LogP contribution is 2.37. The maximum Gasteiger partial charge on any atom is 0.0586 e. The predicted molar refractivity (Wildman–Crippen MR) is 82.9 cm³/mol. The summed E-state index contributed by atoms with van der Waals surface area (Å²) in [5.74, 6) is 1.71. The normalized spacial score (nSPS) is 40.2. The lowest BCUT2D eigenvalue weighted by Gasteiger charge is -2.48. The molecule has 1 N–H and O–H groups in total. The van der Waals surface area contributed by atoms with Gasteiger partial charge in [-0.05, 0) is 50.4 Å². The van der Waals surface area contributed by atoms with Crippen molar-refractivity contribution in [2.45, 2.75) is 76.6 Å². The summed E-state index contributed by atoms with van der Waals surface area (Å²) >= 11 is 0. The third kappa shape index (κ3) is 3.20. The van der Waals surface area contributed by atoms with Crippen LogP contribution in [0, 0.1) is 11.8 Å². The molecule has 3 nitrogen and oxygen atoms in total. The fourth-order valence-electron chi connectivity index (χ4n) is 4.30. The molecule has 20 heavy (non-hydrogen) atoms. The smallest absolute Gasteiger partial charge is 0.0586 e. The van der Waals surface area contributed by atoms with Crippen LogP contribution in [0.1, 0.15) is 52.4 Å². The van der Waals surface area contributed by atoms with Gasteiger partial charge >= 0.3 is 0 Å². The summed E-state index contributed by atoms with van der Waals surface area (Å²) in [6.07, 6.45) is 8.61. The molecule has 0 spiro atoms. The highest BCUT2D eigenvalue weighted by atomic mass is 16.5. The van der Waals surface area contributed by atoms with E-state index in [1.54, 1.807) is 0 Å². The molecule has 0 aromatic carbocycles. The highest BCUT2D eigenvalue weighted by molar-refractivity contribution is 4.98. The molecule has 0 aromatic heterocycles. The third-order valence-electron chi connectivity index (χ3n) is 5.78. The lowest BCUT2D eigenvalue weighted by molar-refractivity contribution is -0.0118. The topological polar surface area (TPSA) is 24.5 Å². The van der Waals surface area contributed by atoms with E-state index in [0.717, 1.165) is 23.9 Å². The largest absolute Gasteiger partial charge is 0.381 e. The summed E-state index contributed by atoms with van der Waals surface area (Å²) in [5.41, 5.74) is 0. The Kier molecular flexibility index (Phi) is 4.68. The Morgan fingerprint density at radius 1 is 1.15 bits per heavy atom. The van der Waals surface area contributed by atoms with Gasteiger partial charge in [0.05, 0.1) is 6.10 Å². The number of methoxy groups -OCH3 is 1. The van der Waals surface area contributed by atoms with E-state index in [-0.39, 0.29) is 0 Å². The quantitative estimate of drug-likeness (QED) is 0.857. The van der Waals surface area contributed by atoms with E-state index in [9.17, 15) is 0 Å². The molecule has 0 bridgehead atoms. The number of hydrogen-bond donors (Lipinski definition) is 1. The first-order valence-corrected chi connectivity index (χ1v) is 8.71. The van der Waals surface area contributed by atoms with Gasteiger partial charge in [0.25, 0.3) is 0 Å². The second kappa shape index (κ2) is 6.33. The number of hydrogen-bond acceptors (Lipinski definition) is 3. The zero-order valence-electron chi connectivity index (χ0n) is 13.5. The zero-order chi connectivity index (χ0) is 14.1. The molecule has 4 atom stereocenters. The summed E-state index contributed by atoms with van der Waals surface area (Å²) < 4.78 is 5.65. The molecule has 1 aliphatic heterocycles. The van der Waals surface area contributed by atoms with Crippen LogP contribution in [-0.2, 0) is 4.74 Å². The zero-order valence-corrected chi connectivity index (χ0v) is 13.5. The van der Waals surface area contributed by atoms with Crippen molar-refractivity contribution in [1.82, 2.24) is 10.2 Å². The van der Waals surface area contributed by atoms with Crippen LogP contribution < -0.4 is 5.32 Å².